The lowest BCUT2D eigenvalue weighted by molar-refractivity contribution is -0.120. The molecule has 3 aromatic rings. The number of nitrogens with one attached hydrogen (secondary N) is 1. The van der Waals surface area contributed by atoms with Crippen LogP contribution in [0, 0.1) is 0 Å². The highest BCUT2D eigenvalue weighted by Gasteiger charge is 2.34. The molecule has 8 nitrogen and oxygen atoms in total. The molecule has 1 amide bonds. The monoisotopic (exact) mass is 469 g/mol. The molecule has 1 aliphatic heterocycles. The second-order valence-corrected chi connectivity index (χ2v) is 8.41. The predicted molar refractivity (Wildman–Crippen MR) is 117 cm³/mol. The summed E-state index contributed by atoms with van der Waals surface area (Å²) >= 11 is 3.41. The largest absolute Gasteiger partial charge is 0.451 e. The number of likely N-dealkylation sites (N-methyl/N-ethyl adjacent to an activating group) is 1. The maximum absolute atomic E-state index is 12.7. The number of rotatable bonds is 3. The molecule has 4 rings (SSSR count). The first kappa shape index (κ1) is 20.1. The van der Waals surface area contributed by atoms with Crippen molar-refractivity contribution in [3.63, 3.8) is 0 Å². The molecule has 0 spiro atoms. The van der Waals surface area contributed by atoms with Gasteiger partial charge >= 0.3 is 0 Å². The van der Waals surface area contributed by atoms with Crippen molar-refractivity contribution < 1.29 is 14.0 Å². The molecule has 1 aromatic carbocycles. The molecule has 0 fully saturated rings. The summed E-state index contributed by atoms with van der Waals surface area (Å²) in [5.74, 6) is 0.0902. The topological polar surface area (TPSA) is 114 Å². The first-order chi connectivity index (χ1) is 14.2. The highest BCUT2D eigenvalue weighted by Crippen LogP contribution is 2.31. The maximum Gasteiger partial charge on any atom is 0.291 e. The number of hydrogen-bond acceptors (Lipinski definition) is 7. The van der Waals surface area contributed by atoms with E-state index in [4.69, 9.17) is 10.2 Å². The fraction of sp³-hybridized carbons (Fsp3) is 0.238. The third-order valence-electron chi connectivity index (χ3n) is 4.98. The van der Waals surface area contributed by atoms with E-state index in [-0.39, 0.29) is 36.4 Å². The predicted octanol–water partition coefficient (Wildman–Crippen LogP) is 3.28. The Bertz CT molecular complexity index is 1190. The lowest BCUT2D eigenvalue weighted by Crippen LogP contribution is -2.36. The van der Waals surface area contributed by atoms with Crippen LogP contribution in [0.2, 0.25) is 0 Å². The Morgan fingerprint density at radius 3 is 2.90 bits per heavy atom. The van der Waals surface area contributed by atoms with Crippen molar-refractivity contribution in [3.8, 4) is 0 Å². The molecule has 154 valence electrons. The lowest BCUT2D eigenvalue weighted by atomic mass is 9.91. The second kappa shape index (κ2) is 7.56. The second-order valence-electron chi connectivity index (χ2n) is 7.49. The van der Waals surface area contributed by atoms with Crippen LogP contribution in [0.25, 0.3) is 11.0 Å². The van der Waals surface area contributed by atoms with Gasteiger partial charge < -0.3 is 20.4 Å². The Labute approximate surface area is 181 Å². The van der Waals surface area contributed by atoms with Gasteiger partial charge in [-0.15, -0.1) is 0 Å². The molecular formula is C21H20BrN5O3. The van der Waals surface area contributed by atoms with Crippen molar-refractivity contribution in [1.82, 2.24) is 9.88 Å². The third-order valence-corrected chi connectivity index (χ3v) is 5.47. The number of furan rings is 1. The maximum atomic E-state index is 12.7. The molecule has 0 aliphatic carbocycles. The molecule has 1 atom stereocenters. The molecule has 1 unspecified atom stereocenters. The normalized spacial score (nSPS) is 19.5. The van der Waals surface area contributed by atoms with Gasteiger partial charge in [0, 0.05) is 35.2 Å². The molecule has 0 bridgehead atoms. The number of Topliss-reactive ketones (excluding diaryl/α,β-unsaturated/α-hetero) is 1. The van der Waals surface area contributed by atoms with Gasteiger partial charge in [-0.2, -0.15) is 0 Å². The molecule has 3 heterocycles. The van der Waals surface area contributed by atoms with Crippen LogP contribution < -0.4 is 11.1 Å². The van der Waals surface area contributed by atoms with Crippen LogP contribution >= 0.6 is 15.9 Å². The number of hydrogen-bond donors (Lipinski definition) is 2. The van der Waals surface area contributed by atoms with E-state index in [0.29, 0.717) is 17.0 Å². The average Bonchev–Trinajstić information content (AvgIpc) is 3.07. The van der Waals surface area contributed by atoms with Crippen molar-refractivity contribution in [2.75, 3.05) is 18.9 Å². The number of amides is 1. The molecule has 30 heavy (non-hydrogen) atoms. The van der Waals surface area contributed by atoms with Crippen LogP contribution in [0.4, 0.5) is 5.69 Å². The van der Waals surface area contributed by atoms with Crippen molar-refractivity contribution in [2.45, 2.75) is 18.9 Å². The van der Waals surface area contributed by atoms with Gasteiger partial charge in [0.1, 0.15) is 11.1 Å². The number of aliphatic imine (C=N–C) groups is 1. The number of anilines is 1. The number of carbonyl (C=O) groups excluding carboxylic acids is 2. The number of guanidine groups is 1. The Morgan fingerprint density at radius 1 is 1.30 bits per heavy atom. The minimum Gasteiger partial charge on any atom is -0.451 e. The van der Waals surface area contributed by atoms with Crippen molar-refractivity contribution in [2.24, 2.45) is 10.7 Å². The summed E-state index contributed by atoms with van der Waals surface area (Å²) in [7, 11) is 1.72. The minimum atomic E-state index is -0.918. The summed E-state index contributed by atoms with van der Waals surface area (Å²) in [5, 5.41) is 3.64. The van der Waals surface area contributed by atoms with Crippen LogP contribution in [0.3, 0.4) is 0 Å². The third kappa shape index (κ3) is 3.93. The zero-order valence-electron chi connectivity index (χ0n) is 16.5. The zero-order chi connectivity index (χ0) is 21.5. The molecule has 9 heteroatoms. The first-order valence-corrected chi connectivity index (χ1v) is 10.1. The Kier molecular flexibility index (Phi) is 5.07. The van der Waals surface area contributed by atoms with Gasteiger partial charge in [-0.25, -0.2) is 4.99 Å². The summed E-state index contributed by atoms with van der Waals surface area (Å²) in [4.78, 5) is 35.5. The van der Waals surface area contributed by atoms with Crippen molar-refractivity contribution in [3.05, 3.63) is 58.5 Å². The zero-order valence-corrected chi connectivity index (χ0v) is 18.1. The molecule has 0 radical (unpaired) electrons. The fourth-order valence-corrected chi connectivity index (χ4v) is 3.81. The van der Waals surface area contributed by atoms with E-state index in [1.165, 1.54) is 0 Å². The van der Waals surface area contributed by atoms with E-state index in [9.17, 15) is 9.59 Å². The van der Waals surface area contributed by atoms with E-state index >= 15 is 0 Å². The van der Waals surface area contributed by atoms with E-state index in [1.54, 1.807) is 42.4 Å². The molecule has 0 saturated heterocycles. The fourth-order valence-electron chi connectivity index (χ4n) is 3.43. The summed E-state index contributed by atoms with van der Waals surface area (Å²) in [6, 6.07) is 10.6. The highest BCUT2D eigenvalue weighted by atomic mass is 79.9. The number of aromatic nitrogens is 1. The SMILES string of the molecule is CN1CC(=O)CC(C)(c2cc(NC(=O)c3cc4cc(Br)ccc4o3)ccn2)N=C1N. The van der Waals surface area contributed by atoms with Gasteiger partial charge in [0.15, 0.2) is 17.5 Å². The summed E-state index contributed by atoms with van der Waals surface area (Å²) in [5.41, 5.74) is 6.77. The Morgan fingerprint density at radius 2 is 2.10 bits per heavy atom. The standard InChI is InChI=1S/C21H20BrN5O3/c1-21(10-15(28)11-27(2)20(23)26-21)18-9-14(5-6-24-18)25-19(29)17-8-12-7-13(22)3-4-16(12)30-17/h3-9H,10-11H2,1-2H3,(H2,23,26)(H,24,25,29). The van der Waals surface area contributed by atoms with Crippen LogP contribution in [0.1, 0.15) is 29.6 Å². The van der Waals surface area contributed by atoms with Crippen LogP contribution in [-0.2, 0) is 10.3 Å². The van der Waals surface area contributed by atoms with Gasteiger partial charge in [0.25, 0.3) is 5.91 Å². The number of benzene rings is 1. The summed E-state index contributed by atoms with van der Waals surface area (Å²) in [6.45, 7) is 2.01. The molecular weight excluding hydrogens is 450 g/mol. The van der Waals surface area contributed by atoms with Crippen LogP contribution in [0.15, 0.2) is 56.5 Å². The van der Waals surface area contributed by atoms with Crippen molar-refractivity contribution >= 4 is 50.2 Å². The van der Waals surface area contributed by atoms with Crippen LogP contribution in [-0.4, -0.2) is 41.1 Å². The number of nitrogens with two attached hydrogens (primary N) is 1. The lowest BCUT2D eigenvalue weighted by Gasteiger charge is -2.23. The van der Waals surface area contributed by atoms with E-state index in [1.807, 2.05) is 19.1 Å². The number of fused-ring (bicyclic) bond motifs is 1. The number of carbonyl (C=O) groups is 2. The first-order valence-electron chi connectivity index (χ1n) is 9.29. The van der Waals surface area contributed by atoms with Gasteiger partial charge in [-0.3, -0.25) is 14.6 Å². The minimum absolute atomic E-state index is 0.00822. The Hall–Kier alpha value is -3.20. The number of ketones is 1. The average molecular weight is 470 g/mol. The number of halogens is 1. The molecule has 3 N–H and O–H groups in total. The molecule has 2 aromatic heterocycles. The van der Waals surface area contributed by atoms with Gasteiger partial charge in [-0.05, 0) is 43.3 Å². The summed E-state index contributed by atoms with van der Waals surface area (Å²) in [6.07, 6.45) is 1.73. The van der Waals surface area contributed by atoms with Gasteiger partial charge in [0.2, 0.25) is 0 Å². The number of pyridine rings is 1. The number of nitrogens with zero attached hydrogens (tertiary/aromatic N) is 3. The molecule has 1 aliphatic rings. The smallest absolute Gasteiger partial charge is 0.291 e. The van der Waals surface area contributed by atoms with E-state index in [2.05, 4.69) is 31.2 Å². The van der Waals surface area contributed by atoms with Gasteiger partial charge in [0.05, 0.1) is 12.2 Å². The summed E-state index contributed by atoms with van der Waals surface area (Å²) < 4.78 is 6.54. The van der Waals surface area contributed by atoms with E-state index in [0.717, 1.165) is 9.86 Å². The van der Waals surface area contributed by atoms with Crippen molar-refractivity contribution in [1.29, 1.82) is 0 Å². The van der Waals surface area contributed by atoms with E-state index < -0.39 is 5.54 Å². The van der Waals surface area contributed by atoms with Gasteiger partial charge in [-0.1, -0.05) is 15.9 Å². The van der Waals surface area contributed by atoms with Crippen LogP contribution in [0.5, 0.6) is 0 Å². The quantitative estimate of drug-likeness (QED) is 0.608. The molecule has 0 saturated carbocycles. The Balaban J connectivity index is 1.61. The highest BCUT2D eigenvalue weighted by molar-refractivity contribution is 9.10.